The molecule has 0 atom stereocenters. The lowest BCUT2D eigenvalue weighted by atomic mass is 10.5. The maximum Gasteiger partial charge on any atom is 0.209 e. The molecule has 0 amide bonds. The number of nitrogens with one attached hydrogen (secondary N) is 1. The molecule has 120 valence electrons. The second-order valence-electron chi connectivity index (χ2n) is 4.23. The summed E-state index contributed by atoms with van der Waals surface area (Å²) in [5.74, 6) is 2.19. The van der Waals surface area contributed by atoms with Crippen molar-refractivity contribution in [2.75, 3.05) is 32.4 Å². The topological polar surface area (TPSA) is 142 Å². The molecule has 0 unspecified atom stereocenters. The summed E-state index contributed by atoms with van der Waals surface area (Å²) in [4.78, 5) is 9.29. The molecular formula is C12H20N8OS. The van der Waals surface area contributed by atoms with Crippen LogP contribution < -0.4 is 16.8 Å². The third kappa shape index (κ3) is 7.39. The van der Waals surface area contributed by atoms with Crippen molar-refractivity contribution in [2.45, 2.75) is 5.75 Å². The number of thioether (sulfide) groups is 1. The van der Waals surface area contributed by atoms with Crippen LogP contribution >= 0.6 is 11.8 Å². The molecule has 1 aromatic rings. The first kappa shape index (κ1) is 17.6. The van der Waals surface area contributed by atoms with Crippen LogP contribution in [0, 0.1) is 11.5 Å². The third-order valence-electron chi connectivity index (χ3n) is 2.57. The smallest absolute Gasteiger partial charge is 0.209 e. The van der Waals surface area contributed by atoms with Gasteiger partial charge in [-0.1, -0.05) is 5.16 Å². The summed E-state index contributed by atoms with van der Waals surface area (Å²) >= 11 is 1.71. The van der Waals surface area contributed by atoms with Crippen LogP contribution in [0.15, 0.2) is 26.8 Å². The fraction of sp³-hybridized carbons (Fsp3) is 0.500. The molecule has 0 fully saturated rings. The van der Waals surface area contributed by atoms with Crippen molar-refractivity contribution in [3.05, 3.63) is 18.0 Å². The van der Waals surface area contributed by atoms with E-state index in [9.17, 15) is 0 Å². The number of nitrogens with two attached hydrogens (primary N) is 2. The molecule has 9 nitrogen and oxygen atoms in total. The lowest BCUT2D eigenvalue weighted by Crippen LogP contribution is -2.41. The molecule has 0 saturated heterocycles. The molecule has 0 aromatic carbocycles. The largest absolute Gasteiger partial charge is 0.370 e. The predicted molar refractivity (Wildman–Crippen MR) is 87.0 cm³/mol. The zero-order chi connectivity index (χ0) is 16.2. The van der Waals surface area contributed by atoms with Gasteiger partial charge in [-0.05, 0) is 0 Å². The van der Waals surface area contributed by atoms with Crippen LogP contribution in [0.2, 0.25) is 0 Å². The maximum absolute atomic E-state index is 8.39. The van der Waals surface area contributed by atoms with Crippen LogP contribution in [0.4, 0.5) is 0 Å². The highest BCUT2D eigenvalue weighted by Gasteiger charge is 2.01. The fourth-order valence-corrected chi connectivity index (χ4v) is 2.10. The zero-order valence-electron chi connectivity index (χ0n) is 12.4. The molecular weight excluding hydrogens is 304 g/mol. The van der Waals surface area contributed by atoms with Gasteiger partial charge in [0, 0.05) is 37.7 Å². The average molecular weight is 324 g/mol. The lowest BCUT2D eigenvalue weighted by Gasteiger charge is -2.17. The van der Waals surface area contributed by atoms with Crippen LogP contribution in [-0.4, -0.2) is 54.4 Å². The Labute approximate surface area is 133 Å². The van der Waals surface area contributed by atoms with Gasteiger partial charge in [-0.15, -0.1) is 4.99 Å². The van der Waals surface area contributed by atoms with Gasteiger partial charge in [-0.3, -0.25) is 4.99 Å². The summed E-state index contributed by atoms with van der Waals surface area (Å²) in [6.07, 6.45) is 3.19. The van der Waals surface area contributed by atoms with E-state index in [4.69, 9.17) is 21.3 Å². The third-order valence-corrected chi connectivity index (χ3v) is 3.54. The van der Waals surface area contributed by atoms with Gasteiger partial charge in [0.05, 0.1) is 12.2 Å². The Morgan fingerprint density at radius 3 is 3.09 bits per heavy atom. The van der Waals surface area contributed by atoms with Gasteiger partial charge in [0.2, 0.25) is 12.2 Å². The maximum atomic E-state index is 8.39. The first-order chi connectivity index (χ1) is 10.6. The summed E-state index contributed by atoms with van der Waals surface area (Å²) in [6, 6.07) is 1.84. The molecule has 1 heterocycles. The van der Waals surface area contributed by atoms with E-state index < -0.39 is 0 Å². The van der Waals surface area contributed by atoms with Crippen molar-refractivity contribution < 1.29 is 4.52 Å². The number of nitrogens with zero attached hydrogens (tertiary/aromatic N) is 5. The second-order valence-corrected chi connectivity index (χ2v) is 5.33. The minimum Gasteiger partial charge on any atom is -0.370 e. The average Bonchev–Trinajstić information content (AvgIpc) is 3.00. The SMILES string of the molecule is CN(CCNC(N)=NCCSCc1ccon1)C(N)=NC#N. The van der Waals surface area contributed by atoms with Crippen molar-refractivity contribution in [3.63, 3.8) is 0 Å². The van der Waals surface area contributed by atoms with E-state index in [0.717, 1.165) is 17.2 Å². The molecule has 0 aliphatic heterocycles. The van der Waals surface area contributed by atoms with Gasteiger partial charge < -0.3 is 26.2 Å². The van der Waals surface area contributed by atoms with Crippen molar-refractivity contribution in [1.29, 1.82) is 5.26 Å². The number of hydrogen-bond acceptors (Lipinski definition) is 6. The van der Waals surface area contributed by atoms with Crippen molar-refractivity contribution in [3.8, 4) is 6.19 Å². The number of nitriles is 1. The van der Waals surface area contributed by atoms with Crippen LogP contribution in [0.5, 0.6) is 0 Å². The zero-order valence-corrected chi connectivity index (χ0v) is 13.2. The Hall–Kier alpha value is -2.41. The highest BCUT2D eigenvalue weighted by atomic mass is 32.2. The van der Waals surface area contributed by atoms with Crippen LogP contribution in [0.3, 0.4) is 0 Å². The molecule has 0 radical (unpaired) electrons. The van der Waals surface area contributed by atoms with Crippen LogP contribution in [0.25, 0.3) is 0 Å². The molecule has 0 aliphatic carbocycles. The first-order valence-corrected chi connectivity index (χ1v) is 7.73. The van der Waals surface area contributed by atoms with E-state index in [1.165, 1.54) is 0 Å². The number of aromatic nitrogens is 1. The summed E-state index contributed by atoms with van der Waals surface area (Å²) in [7, 11) is 1.74. The summed E-state index contributed by atoms with van der Waals surface area (Å²) in [5, 5.41) is 15.2. The Bertz CT molecular complexity index is 522. The highest BCUT2D eigenvalue weighted by molar-refractivity contribution is 7.98. The van der Waals surface area contributed by atoms with Gasteiger partial charge >= 0.3 is 0 Å². The normalized spacial score (nSPS) is 12.0. The molecule has 10 heteroatoms. The van der Waals surface area contributed by atoms with Crippen molar-refractivity contribution in [1.82, 2.24) is 15.4 Å². The number of hydrogen-bond donors (Lipinski definition) is 3. The van der Waals surface area contributed by atoms with Gasteiger partial charge in [0.1, 0.15) is 6.26 Å². The van der Waals surface area contributed by atoms with E-state index in [0.29, 0.717) is 25.6 Å². The summed E-state index contributed by atoms with van der Waals surface area (Å²) in [6.45, 7) is 1.74. The van der Waals surface area contributed by atoms with Crippen molar-refractivity contribution >= 4 is 23.7 Å². The minimum absolute atomic E-state index is 0.170. The molecule has 1 rings (SSSR count). The quantitative estimate of drug-likeness (QED) is 0.252. The number of guanidine groups is 2. The molecule has 0 aliphatic rings. The van der Waals surface area contributed by atoms with E-state index in [2.05, 4.69) is 20.5 Å². The highest BCUT2D eigenvalue weighted by Crippen LogP contribution is 2.09. The number of likely N-dealkylation sites (N-methyl/N-ethyl adjacent to an activating group) is 1. The molecule has 1 aromatic heterocycles. The van der Waals surface area contributed by atoms with Gasteiger partial charge in [-0.2, -0.15) is 17.0 Å². The molecule has 22 heavy (non-hydrogen) atoms. The van der Waals surface area contributed by atoms with Crippen molar-refractivity contribution in [2.24, 2.45) is 21.5 Å². The Kier molecular flexibility index (Phi) is 8.29. The predicted octanol–water partition coefficient (Wildman–Crippen LogP) is -0.460. The Morgan fingerprint density at radius 1 is 1.59 bits per heavy atom. The number of aliphatic imine (C=N–C) groups is 2. The van der Waals surface area contributed by atoms with E-state index in [-0.39, 0.29) is 5.96 Å². The molecule has 0 saturated carbocycles. The Balaban J connectivity index is 2.10. The first-order valence-electron chi connectivity index (χ1n) is 6.57. The van der Waals surface area contributed by atoms with E-state index in [1.54, 1.807) is 36.2 Å². The van der Waals surface area contributed by atoms with E-state index >= 15 is 0 Å². The molecule has 0 spiro atoms. The minimum atomic E-state index is 0.170. The second kappa shape index (κ2) is 10.3. The molecule has 0 bridgehead atoms. The monoisotopic (exact) mass is 324 g/mol. The van der Waals surface area contributed by atoms with Crippen LogP contribution in [0.1, 0.15) is 5.69 Å². The summed E-state index contributed by atoms with van der Waals surface area (Å²) < 4.78 is 4.75. The standard InChI is InChI=1S/C12H20N8OS/c1-20(12(15)18-9-13)5-3-16-11(14)17-4-7-22-8-10-2-6-21-19-10/h2,6H,3-5,7-8H2,1H3,(H2,15,18)(H3,14,16,17). The van der Waals surface area contributed by atoms with E-state index in [1.807, 2.05) is 6.07 Å². The Morgan fingerprint density at radius 2 is 2.41 bits per heavy atom. The van der Waals surface area contributed by atoms with Gasteiger partial charge in [0.25, 0.3) is 0 Å². The fourth-order valence-electron chi connectivity index (χ4n) is 1.38. The lowest BCUT2D eigenvalue weighted by molar-refractivity contribution is 0.414. The number of rotatable bonds is 8. The van der Waals surface area contributed by atoms with Gasteiger partial charge in [-0.25, -0.2) is 0 Å². The van der Waals surface area contributed by atoms with Crippen LogP contribution in [-0.2, 0) is 5.75 Å². The van der Waals surface area contributed by atoms with Gasteiger partial charge in [0.15, 0.2) is 5.96 Å². The summed E-state index contributed by atoms with van der Waals surface area (Å²) in [5.41, 5.74) is 12.2. The molecule has 5 N–H and O–H groups in total.